The SMILES string of the molecule is CC1(C)OC(=O)C2=C1N1CCc3ccccc3C1CC2. The molecule has 1 aromatic carbocycles. The number of carbonyl (C=O) groups is 1. The number of fused-ring (bicyclic) bond motifs is 4. The van der Waals surface area contributed by atoms with E-state index in [-0.39, 0.29) is 5.97 Å². The fraction of sp³-hybridized carbons (Fsp3) is 0.471. The van der Waals surface area contributed by atoms with Crippen molar-refractivity contribution in [3.05, 3.63) is 46.7 Å². The number of hydrogen-bond acceptors (Lipinski definition) is 3. The van der Waals surface area contributed by atoms with Crippen molar-refractivity contribution in [3.63, 3.8) is 0 Å². The van der Waals surface area contributed by atoms with Gasteiger partial charge in [0.2, 0.25) is 0 Å². The maximum atomic E-state index is 12.0. The predicted octanol–water partition coefficient (Wildman–Crippen LogP) is 2.97. The quantitative estimate of drug-likeness (QED) is 0.678. The Morgan fingerprint density at radius 2 is 2.05 bits per heavy atom. The van der Waals surface area contributed by atoms with Gasteiger partial charge in [-0.2, -0.15) is 0 Å². The third-order valence-electron chi connectivity index (χ3n) is 4.82. The molecule has 20 heavy (non-hydrogen) atoms. The second kappa shape index (κ2) is 3.87. The van der Waals surface area contributed by atoms with Gasteiger partial charge >= 0.3 is 5.97 Å². The Balaban J connectivity index is 1.82. The number of rotatable bonds is 0. The van der Waals surface area contributed by atoms with Gasteiger partial charge in [0.1, 0.15) is 5.60 Å². The minimum Gasteiger partial charge on any atom is -0.450 e. The van der Waals surface area contributed by atoms with Crippen LogP contribution in [0.2, 0.25) is 0 Å². The Morgan fingerprint density at radius 1 is 1.25 bits per heavy atom. The number of nitrogens with zero attached hydrogens (tertiary/aromatic N) is 1. The topological polar surface area (TPSA) is 29.5 Å². The van der Waals surface area contributed by atoms with E-state index in [2.05, 4.69) is 29.2 Å². The van der Waals surface area contributed by atoms with Crippen molar-refractivity contribution in [3.8, 4) is 0 Å². The molecule has 3 heteroatoms. The van der Waals surface area contributed by atoms with Gasteiger partial charge in [0.25, 0.3) is 0 Å². The minimum atomic E-state index is -0.475. The number of ether oxygens (including phenoxy) is 1. The zero-order valence-corrected chi connectivity index (χ0v) is 12.0. The van der Waals surface area contributed by atoms with Crippen LogP contribution in [0, 0.1) is 0 Å². The van der Waals surface area contributed by atoms with Crippen molar-refractivity contribution in [1.29, 1.82) is 0 Å². The monoisotopic (exact) mass is 269 g/mol. The highest BCUT2D eigenvalue weighted by Gasteiger charge is 2.48. The molecule has 1 atom stereocenters. The number of hydrogen-bond donors (Lipinski definition) is 0. The standard InChI is InChI=1S/C17H19NO2/c1-17(2)15-13(16(19)20-17)7-8-14-12-6-4-3-5-11(12)9-10-18(14)15/h3-6,14H,7-10H2,1-2H3. The van der Waals surface area contributed by atoms with E-state index in [1.165, 1.54) is 11.1 Å². The Bertz CT molecular complexity index is 630. The Kier molecular flexibility index (Phi) is 2.33. The van der Waals surface area contributed by atoms with E-state index in [1.54, 1.807) is 0 Å². The first-order chi connectivity index (χ1) is 9.58. The third-order valence-corrected chi connectivity index (χ3v) is 4.82. The van der Waals surface area contributed by atoms with Gasteiger partial charge in [-0.25, -0.2) is 4.79 Å². The lowest BCUT2D eigenvalue weighted by Gasteiger charge is -2.45. The van der Waals surface area contributed by atoms with E-state index in [4.69, 9.17) is 4.74 Å². The molecule has 3 heterocycles. The molecule has 0 fully saturated rings. The summed E-state index contributed by atoms with van der Waals surface area (Å²) in [7, 11) is 0. The van der Waals surface area contributed by atoms with Crippen molar-refractivity contribution in [2.75, 3.05) is 6.54 Å². The molecule has 0 aliphatic carbocycles. The molecular formula is C17H19NO2. The van der Waals surface area contributed by atoms with E-state index >= 15 is 0 Å². The second-order valence-corrected chi connectivity index (χ2v) is 6.42. The summed E-state index contributed by atoms with van der Waals surface area (Å²) >= 11 is 0. The van der Waals surface area contributed by atoms with E-state index in [0.29, 0.717) is 6.04 Å². The molecule has 0 aromatic heterocycles. The predicted molar refractivity (Wildman–Crippen MR) is 76.0 cm³/mol. The smallest absolute Gasteiger partial charge is 0.336 e. The molecule has 0 saturated carbocycles. The molecule has 0 N–H and O–H groups in total. The Labute approximate surface area is 119 Å². The van der Waals surface area contributed by atoms with Gasteiger partial charge in [-0.15, -0.1) is 0 Å². The normalized spacial score (nSPS) is 26.8. The zero-order valence-electron chi connectivity index (χ0n) is 12.0. The first kappa shape index (κ1) is 12.0. The highest BCUT2D eigenvalue weighted by Crippen LogP contribution is 2.48. The van der Waals surface area contributed by atoms with Crippen LogP contribution in [0.3, 0.4) is 0 Å². The molecule has 0 spiro atoms. The lowest BCUT2D eigenvalue weighted by Crippen LogP contribution is -2.43. The summed E-state index contributed by atoms with van der Waals surface area (Å²) in [5.41, 5.74) is 4.46. The summed E-state index contributed by atoms with van der Waals surface area (Å²) in [5, 5.41) is 0. The molecule has 4 rings (SSSR count). The van der Waals surface area contributed by atoms with Crippen LogP contribution in [0.4, 0.5) is 0 Å². The molecule has 104 valence electrons. The van der Waals surface area contributed by atoms with E-state index < -0.39 is 5.60 Å². The minimum absolute atomic E-state index is 0.109. The molecule has 1 unspecified atom stereocenters. The van der Waals surface area contributed by atoms with Gasteiger partial charge in [0, 0.05) is 6.54 Å². The fourth-order valence-electron chi connectivity index (χ4n) is 4.05. The van der Waals surface area contributed by atoms with Crippen LogP contribution in [0.5, 0.6) is 0 Å². The van der Waals surface area contributed by atoms with E-state index in [0.717, 1.165) is 37.1 Å². The van der Waals surface area contributed by atoms with E-state index in [9.17, 15) is 4.79 Å². The van der Waals surface area contributed by atoms with Crippen LogP contribution in [0.1, 0.15) is 43.9 Å². The molecule has 3 nitrogen and oxygen atoms in total. The highest BCUT2D eigenvalue weighted by molar-refractivity contribution is 5.93. The van der Waals surface area contributed by atoms with Gasteiger partial charge < -0.3 is 9.64 Å². The number of esters is 1. The summed E-state index contributed by atoms with van der Waals surface area (Å²) in [5.74, 6) is -0.109. The van der Waals surface area contributed by atoms with Crippen LogP contribution in [-0.4, -0.2) is 23.0 Å². The lowest BCUT2D eigenvalue weighted by atomic mass is 9.83. The molecule has 0 bridgehead atoms. The fourth-order valence-corrected chi connectivity index (χ4v) is 4.05. The molecule has 0 radical (unpaired) electrons. The maximum absolute atomic E-state index is 12.0. The number of carbonyl (C=O) groups excluding carboxylic acids is 1. The molecule has 0 amide bonds. The van der Waals surface area contributed by atoms with E-state index in [1.807, 2.05) is 13.8 Å². The highest BCUT2D eigenvalue weighted by atomic mass is 16.6. The zero-order chi connectivity index (χ0) is 13.9. The van der Waals surface area contributed by atoms with Gasteiger partial charge in [-0.3, -0.25) is 0 Å². The molecule has 3 aliphatic rings. The summed E-state index contributed by atoms with van der Waals surface area (Å²) in [6.07, 6.45) is 2.90. The van der Waals surface area contributed by atoms with Gasteiger partial charge in [0.05, 0.1) is 17.3 Å². The van der Waals surface area contributed by atoms with Crippen molar-refractivity contribution in [2.45, 2.75) is 44.8 Å². The van der Waals surface area contributed by atoms with Crippen LogP contribution < -0.4 is 0 Å². The lowest BCUT2D eigenvalue weighted by molar-refractivity contribution is -0.145. The average Bonchev–Trinajstić information content (AvgIpc) is 2.68. The summed E-state index contributed by atoms with van der Waals surface area (Å²) < 4.78 is 5.58. The molecular weight excluding hydrogens is 250 g/mol. The number of cyclic esters (lactones) is 1. The van der Waals surface area contributed by atoms with Gasteiger partial charge in [-0.1, -0.05) is 24.3 Å². The van der Waals surface area contributed by atoms with Gasteiger partial charge in [-0.05, 0) is 44.2 Å². The van der Waals surface area contributed by atoms with Crippen LogP contribution in [0.25, 0.3) is 0 Å². The van der Waals surface area contributed by atoms with Crippen molar-refractivity contribution >= 4 is 5.97 Å². The average molecular weight is 269 g/mol. The molecule has 1 aromatic rings. The summed E-state index contributed by atoms with van der Waals surface area (Å²) in [6.45, 7) is 5.01. The Morgan fingerprint density at radius 3 is 2.90 bits per heavy atom. The largest absolute Gasteiger partial charge is 0.450 e. The first-order valence-corrected chi connectivity index (χ1v) is 7.39. The second-order valence-electron chi connectivity index (χ2n) is 6.42. The first-order valence-electron chi connectivity index (χ1n) is 7.39. The molecule has 0 saturated heterocycles. The van der Waals surface area contributed by atoms with Crippen molar-refractivity contribution in [2.24, 2.45) is 0 Å². The maximum Gasteiger partial charge on any atom is 0.336 e. The summed E-state index contributed by atoms with van der Waals surface area (Å²) in [4.78, 5) is 14.5. The van der Waals surface area contributed by atoms with Crippen molar-refractivity contribution in [1.82, 2.24) is 4.90 Å². The van der Waals surface area contributed by atoms with Gasteiger partial charge in [0.15, 0.2) is 0 Å². The van der Waals surface area contributed by atoms with Crippen LogP contribution >= 0.6 is 0 Å². The third kappa shape index (κ3) is 1.49. The summed E-state index contributed by atoms with van der Waals surface area (Å²) in [6, 6.07) is 9.12. The van der Waals surface area contributed by atoms with Crippen molar-refractivity contribution < 1.29 is 9.53 Å². The molecule has 3 aliphatic heterocycles. The Hall–Kier alpha value is -1.77. The number of benzene rings is 1. The van der Waals surface area contributed by atoms with Crippen LogP contribution in [0.15, 0.2) is 35.5 Å². The van der Waals surface area contributed by atoms with Crippen LogP contribution in [-0.2, 0) is 16.0 Å².